The standard InChI is InChI=1S/C15H17N3OS/c1-4-16-15-17-14(9(2)20-15)10-5-6-12-11(7-10)8-13(19)18(12)3/h5-7H,4,8H2,1-3H3,(H,16,17). The molecule has 2 aromatic rings. The molecule has 1 aliphatic heterocycles. The molecule has 1 N–H and O–H groups in total. The van der Waals surface area contributed by atoms with E-state index in [9.17, 15) is 4.79 Å². The summed E-state index contributed by atoms with van der Waals surface area (Å²) in [6.07, 6.45) is 0.489. The van der Waals surface area contributed by atoms with Gasteiger partial charge in [0.05, 0.1) is 12.1 Å². The van der Waals surface area contributed by atoms with Crippen LogP contribution in [0.25, 0.3) is 11.3 Å². The van der Waals surface area contributed by atoms with E-state index >= 15 is 0 Å². The second kappa shape index (κ2) is 4.90. The molecule has 0 unspecified atom stereocenters. The Balaban J connectivity index is 2.00. The lowest BCUT2D eigenvalue weighted by atomic mass is 10.1. The van der Waals surface area contributed by atoms with Gasteiger partial charge in [0.1, 0.15) is 0 Å². The molecule has 0 saturated heterocycles. The minimum Gasteiger partial charge on any atom is -0.362 e. The third kappa shape index (κ3) is 2.08. The second-order valence-electron chi connectivity index (χ2n) is 4.93. The second-order valence-corrected chi connectivity index (χ2v) is 6.13. The molecule has 1 aromatic carbocycles. The highest BCUT2D eigenvalue weighted by Crippen LogP contribution is 2.35. The van der Waals surface area contributed by atoms with E-state index in [4.69, 9.17) is 0 Å². The van der Waals surface area contributed by atoms with Crippen molar-refractivity contribution in [1.29, 1.82) is 0 Å². The highest BCUT2D eigenvalue weighted by atomic mass is 32.1. The lowest BCUT2D eigenvalue weighted by Gasteiger charge is -2.10. The summed E-state index contributed by atoms with van der Waals surface area (Å²) in [6, 6.07) is 6.15. The van der Waals surface area contributed by atoms with Crippen LogP contribution in [0, 0.1) is 6.92 Å². The largest absolute Gasteiger partial charge is 0.362 e. The number of amides is 1. The summed E-state index contributed by atoms with van der Waals surface area (Å²) in [7, 11) is 1.82. The number of nitrogens with one attached hydrogen (secondary N) is 1. The van der Waals surface area contributed by atoms with Crippen LogP contribution >= 0.6 is 11.3 Å². The van der Waals surface area contributed by atoms with Gasteiger partial charge in [-0.2, -0.15) is 0 Å². The molecule has 0 atom stereocenters. The number of carbonyl (C=O) groups is 1. The Bertz CT molecular complexity index is 678. The summed E-state index contributed by atoms with van der Waals surface area (Å²) in [5.41, 5.74) is 4.20. The van der Waals surface area contributed by atoms with Crippen molar-refractivity contribution < 1.29 is 4.79 Å². The molecular weight excluding hydrogens is 270 g/mol. The zero-order valence-corrected chi connectivity index (χ0v) is 12.7. The van der Waals surface area contributed by atoms with E-state index in [1.54, 1.807) is 16.2 Å². The lowest BCUT2D eigenvalue weighted by Crippen LogP contribution is -2.20. The topological polar surface area (TPSA) is 45.2 Å². The summed E-state index contributed by atoms with van der Waals surface area (Å²) in [5, 5.41) is 4.20. The van der Waals surface area contributed by atoms with Crippen molar-refractivity contribution in [2.45, 2.75) is 20.3 Å². The summed E-state index contributed by atoms with van der Waals surface area (Å²) in [6.45, 7) is 5.02. The number of fused-ring (bicyclic) bond motifs is 1. The molecule has 0 fully saturated rings. The predicted octanol–water partition coefficient (Wildman–Crippen LogP) is 3.07. The number of anilines is 2. The first-order valence-corrected chi connectivity index (χ1v) is 7.53. The zero-order valence-electron chi connectivity index (χ0n) is 11.9. The van der Waals surface area contributed by atoms with Gasteiger partial charge in [-0.05, 0) is 31.5 Å². The Morgan fingerprint density at radius 1 is 1.45 bits per heavy atom. The number of likely N-dealkylation sites (N-methyl/N-ethyl adjacent to an activating group) is 1. The van der Waals surface area contributed by atoms with E-state index in [-0.39, 0.29) is 5.91 Å². The van der Waals surface area contributed by atoms with Crippen LogP contribution in [0.15, 0.2) is 18.2 Å². The summed E-state index contributed by atoms with van der Waals surface area (Å²) >= 11 is 1.67. The maximum Gasteiger partial charge on any atom is 0.231 e. The number of benzene rings is 1. The number of aromatic nitrogens is 1. The van der Waals surface area contributed by atoms with Gasteiger partial charge < -0.3 is 10.2 Å². The van der Waals surface area contributed by atoms with Crippen molar-refractivity contribution in [3.05, 3.63) is 28.6 Å². The van der Waals surface area contributed by atoms with E-state index in [0.29, 0.717) is 6.42 Å². The van der Waals surface area contributed by atoms with Gasteiger partial charge in [0.15, 0.2) is 5.13 Å². The molecule has 1 aromatic heterocycles. The van der Waals surface area contributed by atoms with Crippen molar-refractivity contribution in [1.82, 2.24) is 4.98 Å². The van der Waals surface area contributed by atoms with Gasteiger partial charge in [0.25, 0.3) is 0 Å². The molecule has 1 aliphatic rings. The first kappa shape index (κ1) is 13.1. The fourth-order valence-corrected chi connectivity index (χ4v) is 3.41. The molecular formula is C15H17N3OS. The van der Waals surface area contributed by atoms with Crippen LogP contribution in [-0.4, -0.2) is 24.5 Å². The molecule has 3 rings (SSSR count). The summed E-state index contributed by atoms with van der Waals surface area (Å²) < 4.78 is 0. The Morgan fingerprint density at radius 2 is 2.25 bits per heavy atom. The SMILES string of the molecule is CCNc1nc(-c2ccc3c(c2)CC(=O)N3C)c(C)s1. The molecule has 104 valence electrons. The molecule has 0 aliphatic carbocycles. The molecule has 5 heteroatoms. The van der Waals surface area contributed by atoms with Crippen molar-refractivity contribution >= 4 is 28.1 Å². The van der Waals surface area contributed by atoms with Crippen LogP contribution < -0.4 is 10.2 Å². The number of hydrogen-bond acceptors (Lipinski definition) is 4. The average molecular weight is 287 g/mol. The highest BCUT2D eigenvalue weighted by Gasteiger charge is 2.24. The van der Waals surface area contributed by atoms with Crippen LogP contribution in [0.2, 0.25) is 0 Å². The third-order valence-corrected chi connectivity index (χ3v) is 4.48. The van der Waals surface area contributed by atoms with Crippen LogP contribution in [0.4, 0.5) is 10.8 Å². The van der Waals surface area contributed by atoms with Crippen LogP contribution in [0.5, 0.6) is 0 Å². The minimum absolute atomic E-state index is 0.153. The average Bonchev–Trinajstić information content (AvgIpc) is 2.91. The van der Waals surface area contributed by atoms with Crippen LogP contribution in [0.3, 0.4) is 0 Å². The predicted molar refractivity (Wildman–Crippen MR) is 83.6 cm³/mol. The van der Waals surface area contributed by atoms with Crippen LogP contribution in [0.1, 0.15) is 17.4 Å². The van der Waals surface area contributed by atoms with E-state index in [1.807, 2.05) is 19.2 Å². The zero-order chi connectivity index (χ0) is 14.3. The molecule has 1 amide bonds. The Morgan fingerprint density at radius 3 is 3.00 bits per heavy atom. The van der Waals surface area contributed by atoms with Gasteiger partial charge in [-0.25, -0.2) is 4.98 Å². The monoisotopic (exact) mass is 287 g/mol. The van der Waals surface area contributed by atoms with Gasteiger partial charge in [-0.1, -0.05) is 6.07 Å². The first-order chi connectivity index (χ1) is 9.60. The van der Waals surface area contributed by atoms with E-state index in [1.165, 1.54) is 4.88 Å². The minimum atomic E-state index is 0.153. The fourth-order valence-electron chi connectivity index (χ4n) is 2.51. The van der Waals surface area contributed by atoms with E-state index < -0.39 is 0 Å². The molecule has 2 heterocycles. The number of nitrogens with zero attached hydrogens (tertiary/aromatic N) is 2. The van der Waals surface area contributed by atoms with E-state index in [2.05, 4.69) is 30.2 Å². The van der Waals surface area contributed by atoms with Gasteiger partial charge in [-0.15, -0.1) is 11.3 Å². The van der Waals surface area contributed by atoms with Crippen molar-refractivity contribution in [2.75, 3.05) is 23.8 Å². The highest BCUT2D eigenvalue weighted by molar-refractivity contribution is 7.16. The Kier molecular flexibility index (Phi) is 3.22. The molecule has 0 saturated carbocycles. The van der Waals surface area contributed by atoms with E-state index in [0.717, 1.165) is 34.2 Å². The normalized spacial score (nSPS) is 13.8. The third-order valence-electron chi connectivity index (χ3n) is 3.55. The number of thiazole rings is 1. The molecule has 0 radical (unpaired) electrons. The quantitative estimate of drug-likeness (QED) is 0.943. The van der Waals surface area contributed by atoms with Gasteiger partial charge >= 0.3 is 0 Å². The first-order valence-electron chi connectivity index (χ1n) is 6.71. The fraction of sp³-hybridized carbons (Fsp3) is 0.333. The van der Waals surface area contributed by atoms with Crippen LogP contribution in [-0.2, 0) is 11.2 Å². The van der Waals surface area contributed by atoms with Crippen molar-refractivity contribution in [3.63, 3.8) is 0 Å². The summed E-state index contributed by atoms with van der Waals surface area (Å²) in [5.74, 6) is 0.153. The molecule has 4 nitrogen and oxygen atoms in total. The smallest absolute Gasteiger partial charge is 0.231 e. The van der Waals surface area contributed by atoms with Gasteiger partial charge in [-0.3, -0.25) is 4.79 Å². The maximum atomic E-state index is 11.7. The maximum absolute atomic E-state index is 11.7. The van der Waals surface area contributed by atoms with Crippen molar-refractivity contribution in [2.24, 2.45) is 0 Å². The van der Waals surface area contributed by atoms with Gasteiger partial charge in [0, 0.05) is 29.7 Å². The van der Waals surface area contributed by atoms with Crippen molar-refractivity contribution in [3.8, 4) is 11.3 Å². The Labute approximate surface area is 122 Å². The van der Waals surface area contributed by atoms with Gasteiger partial charge in [0.2, 0.25) is 5.91 Å². The number of hydrogen-bond donors (Lipinski definition) is 1. The number of carbonyl (C=O) groups excluding carboxylic acids is 1. The summed E-state index contributed by atoms with van der Waals surface area (Å²) in [4.78, 5) is 19.3. The molecule has 0 spiro atoms. The number of rotatable bonds is 3. The Hall–Kier alpha value is -1.88. The lowest BCUT2D eigenvalue weighted by molar-refractivity contribution is -0.117. The number of aryl methyl sites for hydroxylation is 1. The molecule has 20 heavy (non-hydrogen) atoms. The molecule has 0 bridgehead atoms.